The van der Waals surface area contributed by atoms with Gasteiger partial charge in [-0.05, 0) is 24.7 Å². The van der Waals surface area contributed by atoms with Crippen molar-refractivity contribution in [1.29, 1.82) is 0 Å². The van der Waals surface area contributed by atoms with Crippen LogP contribution in [0.1, 0.15) is 12.5 Å². The number of likely N-dealkylation sites (N-methyl/N-ethyl adjacent to an activating group) is 1. The summed E-state index contributed by atoms with van der Waals surface area (Å²) in [7, 11) is 2.05. The molecule has 114 valence electrons. The van der Waals surface area contributed by atoms with Crippen molar-refractivity contribution in [2.24, 2.45) is 0 Å². The maximum atomic E-state index is 12.3. The first-order valence-electron chi connectivity index (χ1n) is 7.17. The largest absolute Gasteiger partial charge is 0.339 e. The third kappa shape index (κ3) is 4.53. The van der Waals surface area contributed by atoms with Crippen LogP contribution >= 0.6 is 0 Å². The molecule has 0 saturated carbocycles. The van der Waals surface area contributed by atoms with Gasteiger partial charge in [-0.2, -0.15) is 0 Å². The summed E-state index contributed by atoms with van der Waals surface area (Å²) in [5.74, 6) is -0.0679. The number of pyridine rings is 1. The Hall–Kier alpha value is -1.95. The highest BCUT2D eigenvalue weighted by molar-refractivity contribution is 5.83. The van der Waals surface area contributed by atoms with Gasteiger partial charge in [0.1, 0.15) is 6.54 Å². The van der Waals surface area contributed by atoms with Crippen LogP contribution in [-0.4, -0.2) is 71.3 Å². The van der Waals surface area contributed by atoms with Crippen LogP contribution < -0.4 is 0 Å². The van der Waals surface area contributed by atoms with Crippen LogP contribution in [0.2, 0.25) is 0 Å². The Kier molecular flexibility index (Phi) is 5.27. The molecule has 1 aromatic rings. The van der Waals surface area contributed by atoms with E-state index in [9.17, 15) is 9.59 Å². The smallest absolute Gasteiger partial charge is 0.242 e. The molecule has 6 nitrogen and oxygen atoms in total. The minimum atomic E-state index is -0.0886. The second-order valence-corrected chi connectivity index (χ2v) is 5.41. The van der Waals surface area contributed by atoms with Crippen molar-refractivity contribution in [2.45, 2.75) is 13.5 Å². The summed E-state index contributed by atoms with van der Waals surface area (Å²) in [5.41, 5.74) is 0.978. The normalized spacial score (nSPS) is 15.8. The van der Waals surface area contributed by atoms with Gasteiger partial charge in [-0.1, -0.05) is 0 Å². The van der Waals surface area contributed by atoms with Crippen molar-refractivity contribution in [3.63, 3.8) is 0 Å². The zero-order valence-corrected chi connectivity index (χ0v) is 12.7. The van der Waals surface area contributed by atoms with E-state index in [1.165, 1.54) is 6.92 Å². The predicted octanol–water partition coefficient (Wildman–Crippen LogP) is 0.204. The van der Waals surface area contributed by atoms with E-state index >= 15 is 0 Å². The Morgan fingerprint density at radius 1 is 1.19 bits per heavy atom. The Balaban J connectivity index is 1.93. The fourth-order valence-corrected chi connectivity index (χ4v) is 2.31. The zero-order valence-electron chi connectivity index (χ0n) is 12.7. The first-order chi connectivity index (χ1) is 10.1. The molecule has 2 rings (SSSR count). The van der Waals surface area contributed by atoms with Gasteiger partial charge < -0.3 is 14.7 Å². The van der Waals surface area contributed by atoms with E-state index in [0.717, 1.165) is 31.7 Å². The summed E-state index contributed by atoms with van der Waals surface area (Å²) in [6.45, 7) is 5.32. The summed E-state index contributed by atoms with van der Waals surface area (Å²) in [4.78, 5) is 33.6. The van der Waals surface area contributed by atoms with Crippen molar-refractivity contribution in [3.8, 4) is 0 Å². The molecule has 0 spiro atoms. The fourth-order valence-electron chi connectivity index (χ4n) is 2.31. The van der Waals surface area contributed by atoms with Crippen LogP contribution in [0.5, 0.6) is 0 Å². The Labute approximate surface area is 125 Å². The Bertz CT molecular complexity index is 484. The molecule has 0 radical (unpaired) electrons. The van der Waals surface area contributed by atoms with Crippen LogP contribution in [-0.2, 0) is 16.1 Å². The van der Waals surface area contributed by atoms with Crippen molar-refractivity contribution < 1.29 is 9.59 Å². The van der Waals surface area contributed by atoms with Gasteiger partial charge in [0, 0.05) is 52.0 Å². The minimum absolute atomic E-state index is 0.0207. The first-order valence-corrected chi connectivity index (χ1v) is 7.17. The highest BCUT2D eigenvalue weighted by Crippen LogP contribution is 2.06. The van der Waals surface area contributed by atoms with Gasteiger partial charge >= 0.3 is 0 Å². The zero-order chi connectivity index (χ0) is 15.2. The lowest BCUT2D eigenvalue weighted by molar-refractivity contribution is -0.140. The van der Waals surface area contributed by atoms with Gasteiger partial charge in [-0.3, -0.25) is 14.6 Å². The van der Waals surface area contributed by atoms with Crippen molar-refractivity contribution in [3.05, 3.63) is 30.1 Å². The fraction of sp³-hybridized carbons (Fsp3) is 0.533. The number of rotatable bonds is 4. The van der Waals surface area contributed by atoms with Gasteiger partial charge in [0.15, 0.2) is 0 Å². The third-order valence-electron chi connectivity index (χ3n) is 3.75. The number of carbonyl (C=O) groups is 2. The third-order valence-corrected chi connectivity index (χ3v) is 3.75. The number of carbonyl (C=O) groups excluding carboxylic acids is 2. The lowest BCUT2D eigenvalue weighted by Crippen LogP contribution is -2.50. The second-order valence-electron chi connectivity index (χ2n) is 5.41. The molecule has 1 fully saturated rings. The topological polar surface area (TPSA) is 56.8 Å². The van der Waals surface area contributed by atoms with E-state index in [1.54, 1.807) is 17.3 Å². The molecule has 0 aromatic carbocycles. The number of piperazine rings is 1. The molecule has 1 aromatic heterocycles. The molecular weight excluding hydrogens is 268 g/mol. The Morgan fingerprint density at radius 3 is 2.38 bits per heavy atom. The maximum Gasteiger partial charge on any atom is 0.242 e. The summed E-state index contributed by atoms with van der Waals surface area (Å²) < 4.78 is 0. The SMILES string of the molecule is CC(=O)N(CC(=O)N1CCN(C)CC1)Cc1ccncc1. The monoisotopic (exact) mass is 290 g/mol. The van der Waals surface area contributed by atoms with Gasteiger partial charge in [-0.15, -0.1) is 0 Å². The van der Waals surface area contributed by atoms with Crippen LogP contribution in [0.4, 0.5) is 0 Å². The molecule has 0 aliphatic carbocycles. The quantitative estimate of drug-likeness (QED) is 0.795. The average molecular weight is 290 g/mol. The van der Waals surface area contributed by atoms with Gasteiger partial charge in [0.25, 0.3) is 0 Å². The van der Waals surface area contributed by atoms with E-state index < -0.39 is 0 Å². The first kappa shape index (κ1) is 15.4. The molecule has 0 atom stereocenters. The summed E-state index contributed by atoms with van der Waals surface area (Å²) >= 11 is 0. The van der Waals surface area contributed by atoms with E-state index in [2.05, 4.69) is 9.88 Å². The van der Waals surface area contributed by atoms with Gasteiger partial charge in [-0.25, -0.2) is 0 Å². The average Bonchev–Trinajstić information content (AvgIpc) is 2.48. The van der Waals surface area contributed by atoms with Crippen molar-refractivity contribution >= 4 is 11.8 Å². The number of nitrogens with zero attached hydrogens (tertiary/aromatic N) is 4. The van der Waals surface area contributed by atoms with E-state index in [0.29, 0.717) is 6.54 Å². The van der Waals surface area contributed by atoms with Crippen LogP contribution in [0.15, 0.2) is 24.5 Å². The molecule has 2 heterocycles. The van der Waals surface area contributed by atoms with E-state index in [4.69, 9.17) is 0 Å². The maximum absolute atomic E-state index is 12.3. The molecule has 1 aliphatic rings. The molecule has 1 saturated heterocycles. The summed E-state index contributed by atoms with van der Waals surface area (Å²) in [6, 6.07) is 3.71. The molecule has 0 unspecified atom stereocenters. The van der Waals surface area contributed by atoms with Crippen LogP contribution in [0, 0.1) is 0 Å². The van der Waals surface area contributed by atoms with E-state index in [-0.39, 0.29) is 18.4 Å². The van der Waals surface area contributed by atoms with Gasteiger partial charge in [0.05, 0.1) is 0 Å². The lowest BCUT2D eigenvalue weighted by atomic mass is 10.2. The molecule has 1 aliphatic heterocycles. The molecule has 21 heavy (non-hydrogen) atoms. The highest BCUT2D eigenvalue weighted by Gasteiger charge is 2.22. The number of amides is 2. The predicted molar refractivity (Wildman–Crippen MR) is 79.4 cm³/mol. The van der Waals surface area contributed by atoms with Crippen molar-refractivity contribution in [2.75, 3.05) is 39.8 Å². The highest BCUT2D eigenvalue weighted by atomic mass is 16.2. The molecule has 0 N–H and O–H groups in total. The van der Waals surface area contributed by atoms with Crippen molar-refractivity contribution in [1.82, 2.24) is 19.7 Å². The Morgan fingerprint density at radius 2 is 1.81 bits per heavy atom. The van der Waals surface area contributed by atoms with Crippen LogP contribution in [0.25, 0.3) is 0 Å². The van der Waals surface area contributed by atoms with Gasteiger partial charge in [0.2, 0.25) is 11.8 Å². The second kappa shape index (κ2) is 7.17. The van der Waals surface area contributed by atoms with E-state index in [1.807, 2.05) is 24.1 Å². The number of hydrogen-bond acceptors (Lipinski definition) is 4. The summed E-state index contributed by atoms with van der Waals surface area (Å²) in [5, 5.41) is 0. The molecule has 2 amide bonds. The summed E-state index contributed by atoms with van der Waals surface area (Å²) in [6.07, 6.45) is 3.38. The molecular formula is C15H22N4O2. The standard InChI is InChI=1S/C15H22N4O2/c1-13(20)19(11-14-3-5-16-6-4-14)12-15(21)18-9-7-17(2)8-10-18/h3-6H,7-12H2,1-2H3. The molecule has 6 heteroatoms. The van der Waals surface area contributed by atoms with Crippen LogP contribution in [0.3, 0.4) is 0 Å². The minimum Gasteiger partial charge on any atom is -0.339 e. The lowest BCUT2D eigenvalue weighted by Gasteiger charge is -2.33. The number of aromatic nitrogens is 1. The molecule has 0 bridgehead atoms. The number of hydrogen-bond donors (Lipinski definition) is 0.